The highest BCUT2D eigenvalue weighted by Gasteiger charge is 2.10. The van der Waals surface area contributed by atoms with Gasteiger partial charge < -0.3 is 0 Å². The fourth-order valence-corrected chi connectivity index (χ4v) is 2.06. The second kappa shape index (κ2) is 3.60. The molecule has 0 aliphatic carbocycles. The summed E-state index contributed by atoms with van der Waals surface area (Å²) in [5.74, 6) is 0. The van der Waals surface area contributed by atoms with Gasteiger partial charge in [-0.05, 0) is 6.92 Å². The molecule has 1 heterocycles. The molecule has 1 aromatic rings. The molecule has 0 bridgehead atoms. The lowest BCUT2D eigenvalue weighted by molar-refractivity contribution is 0.685. The molecule has 62 valence electrons. The van der Waals surface area contributed by atoms with Gasteiger partial charge in [-0.3, -0.25) is 4.21 Å². The summed E-state index contributed by atoms with van der Waals surface area (Å²) in [6.07, 6.45) is 1.57. The van der Waals surface area contributed by atoms with Crippen LogP contribution in [-0.4, -0.2) is 20.7 Å². The summed E-state index contributed by atoms with van der Waals surface area (Å²) in [7, 11) is -1.04. The van der Waals surface area contributed by atoms with E-state index in [9.17, 15) is 4.21 Å². The molecule has 2 atom stereocenters. The molecule has 1 rings (SSSR count). The Bertz CT molecular complexity index is 273. The monoisotopic (exact) mass is 210 g/mol. The van der Waals surface area contributed by atoms with Crippen molar-refractivity contribution in [3.8, 4) is 0 Å². The van der Waals surface area contributed by atoms with Gasteiger partial charge in [0, 0.05) is 6.26 Å². The van der Waals surface area contributed by atoms with Crippen LogP contribution in [0.3, 0.4) is 0 Å². The van der Waals surface area contributed by atoms with Gasteiger partial charge in [-0.1, -0.05) is 11.3 Å². The predicted octanol–water partition coefficient (Wildman–Crippen LogP) is 1.58. The molecule has 3 nitrogen and oxygen atoms in total. The first-order valence-corrected chi connectivity index (χ1v) is 5.73. The van der Waals surface area contributed by atoms with E-state index in [1.165, 1.54) is 11.3 Å². The van der Waals surface area contributed by atoms with E-state index < -0.39 is 10.8 Å². The molecule has 2 unspecified atom stereocenters. The average Bonchev–Trinajstić information content (AvgIpc) is 2.33. The lowest BCUT2D eigenvalue weighted by Crippen LogP contribution is -1.84. The quantitative estimate of drug-likeness (QED) is 0.697. The fourth-order valence-electron chi connectivity index (χ4n) is 0.497. The summed E-state index contributed by atoms with van der Waals surface area (Å²) >= 11 is 7.02. The maximum absolute atomic E-state index is 10.9. The third kappa shape index (κ3) is 2.21. The Morgan fingerprint density at radius 3 is 2.55 bits per heavy atom. The van der Waals surface area contributed by atoms with Crippen LogP contribution in [0.1, 0.15) is 17.3 Å². The Morgan fingerprint density at radius 2 is 2.27 bits per heavy atom. The van der Waals surface area contributed by atoms with Gasteiger partial charge in [0.1, 0.15) is 5.01 Å². The van der Waals surface area contributed by atoms with E-state index in [0.717, 1.165) is 5.01 Å². The van der Waals surface area contributed by atoms with Gasteiger partial charge in [-0.25, -0.2) is 0 Å². The molecule has 0 saturated heterocycles. The number of alkyl halides is 1. The van der Waals surface area contributed by atoms with Gasteiger partial charge in [0.25, 0.3) is 0 Å². The topological polar surface area (TPSA) is 42.9 Å². The zero-order valence-electron chi connectivity index (χ0n) is 6.07. The first-order valence-electron chi connectivity index (χ1n) is 2.92. The molecule has 0 N–H and O–H groups in total. The van der Waals surface area contributed by atoms with Crippen molar-refractivity contribution in [3.05, 3.63) is 5.01 Å². The zero-order chi connectivity index (χ0) is 8.43. The van der Waals surface area contributed by atoms with Crippen molar-refractivity contribution in [1.29, 1.82) is 0 Å². The van der Waals surface area contributed by atoms with Crippen molar-refractivity contribution in [3.63, 3.8) is 0 Å². The van der Waals surface area contributed by atoms with E-state index in [0.29, 0.717) is 4.34 Å². The van der Waals surface area contributed by atoms with Crippen molar-refractivity contribution in [2.75, 3.05) is 6.26 Å². The first kappa shape index (κ1) is 9.09. The second-order valence-corrected chi connectivity index (χ2v) is 5.19. The van der Waals surface area contributed by atoms with Crippen LogP contribution in [0.4, 0.5) is 0 Å². The van der Waals surface area contributed by atoms with Crippen molar-refractivity contribution in [2.24, 2.45) is 0 Å². The number of hydrogen-bond donors (Lipinski definition) is 0. The SMILES string of the molecule is CC(Cl)c1nnc(S(C)=O)s1. The average molecular weight is 211 g/mol. The number of aromatic nitrogens is 2. The number of halogens is 1. The first-order chi connectivity index (χ1) is 5.11. The minimum atomic E-state index is -1.04. The molecule has 0 spiro atoms. The second-order valence-electron chi connectivity index (χ2n) is 1.98. The molecule has 0 aliphatic heterocycles. The van der Waals surface area contributed by atoms with Crippen LogP contribution in [0.25, 0.3) is 0 Å². The summed E-state index contributed by atoms with van der Waals surface area (Å²) in [6.45, 7) is 1.81. The number of hydrogen-bond acceptors (Lipinski definition) is 4. The van der Waals surface area contributed by atoms with E-state index in [4.69, 9.17) is 11.6 Å². The number of nitrogens with zero attached hydrogens (tertiary/aromatic N) is 2. The summed E-state index contributed by atoms with van der Waals surface area (Å²) in [5, 5.41) is 8.07. The summed E-state index contributed by atoms with van der Waals surface area (Å²) < 4.78 is 11.4. The largest absolute Gasteiger partial charge is 0.252 e. The van der Waals surface area contributed by atoms with Gasteiger partial charge in [0.2, 0.25) is 4.34 Å². The van der Waals surface area contributed by atoms with Crippen LogP contribution in [0.15, 0.2) is 4.34 Å². The standard InChI is InChI=1S/C5H7ClN2OS2/c1-3(6)4-7-8-5(10-4)11(2)9/h3H,1-2H3. The molecular formula is C5H7ClN2OS2. The van der Waals surface area contributed by atoms with E-state index >= 15 is 0 Å². The minimum Gasteiger partial charge on any atom is -0.252 e. The Hall–Kier alpha value is -0.0000000000000000833. The van der Waals surface area contributed by atoms with Crippen LogP contribution >= 0.6 is 22.9 Å². The van der Waals surface area contributed by atoms with Gasteiger partial charge >= 0.3 is 0 Å². The molecule has 0 amide bonds. The number of rotatable bonds is 2. The van der Waals surface area contributed by atoms with Crippen molar-refractivity contribution >= 4 is 33.7 Å². The minimum absolute atomic E-state index is 0.148. The third-order valence-electron chi connectivity index (χ3n) is 1.01. The Kier molecular flexibility index (Phi) is 2.98. The van der Waals surface area contributed by atoms with Crippen molar-refractivity contribution in [2.45, 2.75) is 16.6 Å². The normalized spacial score (nSPS) is 16.3. The van der Waals surface area contributed by atoms with Crippen LogP contribution in [0, 0.1) is 0 Å². The van der Waals surface area contributed by atoms with Crippen LogP contribution in [-0.2, 0) is 10.8 Å². The van der Waals surface area contributed by atoms with E-state index in [1.807, 2.05) is 6.92 Å². The maximum atomic E-state index is 10.9. The smallest absolute Gasteiger partial charge is 0.204 e. The van der Waals surface area contributed by atoms with Crippen molar-refractivity contribution in [1.82, 2.24) is 10.2 Å². The molecule has 0 aromatic carbocycles. The Morgan fingerprint density at radius 1 is 1.64 bits per heavy atom. The molecule has 0 fully saturated rings. The zero-order valence-corrected chi connectivity index (χ0v) is 8.46. The van der Waals surface area contributed by atoms with Crippen LogP contribution in [0.5, 0.6) is 0 Å². The predicted molar refractivity (Wildman–Crippen MR) is 46.5 cm³/mol. The van der Waals surface area contributed by atoms with Crippen molar-refractivity contribution < 1.29 is 4.21 Å². The van der Waals surface area contributed by atoms with E-state index in [2.05, 4.69) is 10.2 Å². The molecule has 11 heavy (non-hydrogen) atoms. The Balaban J connectivity index is 2.90. The summed E-state index contributed by atoms with van der Waals surface area (Å²) in [4.78, 5) is 0. The molecule has 1 aromatic heterocycles. The van der Waals surface area contributed by atoms with Gasteiger partial charge in [-0.2, -0.15) is 0 Å². The molecule has 0 aliphatic rings. The fraction of sp³-hybridized carbons (Fsp3) is 0.600. The lowest BCUT2D eigenvalue weighted by Gasteiger charge is -1.90. The van der Waals surface area contributed by atoms with Crippen LogP contribution < -0.4 is 0 Å². The van der Waals surface area contributed by atoms with Gasteiger partial charge in [0.15, 0.2) is 0 Å². The summed E-state index contributed by atoms with van der Waals surface area (Å²) in [5.41, 5.74) is 0. The Labute approximate surface area is 76.3 Å². The van der Waals surface area contributed by atoms with Gasteiger partial charge in [0.05, 0.1) is 16.2 Å². The van der Waals surface area contributed by atoms with Crippen LogP contribution in [0.2, 0.25) is 0 Å². The highest BCUT2D eigenvalue weighted by atomic mass is 35.5. The molecule has 6 heteroatoms. The summed E-state index contributed by atoms with van der Waals surface area (Å²) in [6, 6.07) is 0. The molecular weight excluding hydrogens is 204 g/mol. The highest BCUT2D eigenvalue weighted by Crippen LogP contribution is 2.23. The molecule has 0 saturated carbocycles. The third-order valence-corrected chi connectivity index (χ3v) is 3.77. The van der Waals surface area contributed by atoms with E-state index in [1.54, 1.807) is 6.26 Å². The lowest BCUT2D eigenvalue weighted by atomic mass is 10.5. The van der Waals surface area contributed by atoms with Gasteiger partial charge in [-0.15, -0.1) is 21.8 Å². The van der Waals surface area contributed by atoms with E-state index in [-0.39, 0.29) is 5.38 Å². The maximum Gasteiger partial charge on any atom is 0.204 e. The highest BCUT2D eigenvalue weighted by molar-refractivity contribution is 7.86. The molecule has 0 radical (unpaired) electrons.